The summed E-state index contributed by atoms with van der Waals surface area (Å²) in [6.07, 6.45) is 0.621. The van der Waals surface area contributed by atoms with Gasteiger partial charge in [0.15, 0.2) is 0 Å². The van der Waals surface area contributed by atoms with Crippen LogP contribution >= 0.6 is 0 Å². The maximum atomic E-state index is 13.7. The van der Waals surface area contributed by atoms with Crippen molar-refractivity contribution >= 4 is 0 Å². The van der Waals surface area contributed by atoms with Crippen molar-refractivity contribution in [3.05, 3.63) is 34.6 Å². The van der Waals surface area contributed by atoms with Gasteiger partial charge < -0.3 is 0 Å². The number of nitrogens with zero attached hydrogens (tertiary/aromatic N) is 1. The Kier molecular flexibility index (Phi) is 3.24. The molecule has 0 fully saturated rings. The maximum Gasteiger partial charge on any atom is 0.130 e. The minimum atomic E-state index is -0.224. The number of aryl methyl sites for hydroxylation is 1. The van der Waals surface area contributed by atoms with E-state index in [1.807, 2.05) is 19.9 Å². The fourth-order valence-electron chi connectivity index (χ4n) is 1.45. The van der Waals surface area contributed by atoms with Crippen molar-refractivity contribution in [3.8, 4) is 6.07 Å². The zero-order chi connectivity index (χ0) is 10.7. The van der Waals surface area contributed by atoms with Gasteiger partial charge in [-0.15, -0.1) is 0 Å². The first kappa shape index (κ1) is 10.7. The Morgan fingerprint density at radius 1 is 1.43 bits per heavy atom. The van der Waals surface area contributed by atoms with Crippen molar-refractivity contribution in [1.82, 2.24) is 0 Å². The third-order valence-electron chi connectivity index (χ3n) is 2.17. The molecule has 0 unspecified atom stereocenters. The summed E-state index contributed by atoms with van der Waals surface area (Å²) in [6, 6.07) is 5.37. The van der Waals surface area contributed by atoms with Crippen LogP contribution in [-0.2, 0) is 6.42 Å². The number of hydrogen-bond donors (Lipinski definition) is 0. The molecule has 0 aliphatic rings. The second kappa shape index (κ2) is 4.23. The Morgan fingerprint density at radius 2 is 2.07 bits per heavy atom. The molecule has 0 bridgehead atoms. The quantitative estimate of drug-likeness (QED) is 0.704. The van der Waals surface area contributed by atoms with Crippen LogP contribution in [0.3, 0.4) is 0 Å². The van der Waals surface area contributed by atoms with E-state index in [1.54, 1.807) is 19.1 Å². The third-order valence-corrected chi connectivity index (χ3v) is 2.17. The maximum absolute atomic E-state index is 13.7. The van der Waals surface area contributed by atoms with Gasteiger partial charge in [0.2, 0.25) is 0 Å². The summed E-state index contributed by atoms with van der Waals surface area (Å²) in [5, 5.41) is 8.83. The van der Waals surface area contributed by atoms with E-state index in [9.17, 15) is 4.39 Å². The van der Waals surface area contributed by atoms with Gasteiger partial charge in [-0.1, -0.05) is 19.9 Å². The molecule has 1 nitrogen and oxygen atoms in total. The van der Waals surface area contributed by atoms with Gasteiger partial charge in [-0.05, 0) is 30.9 Å². The molecule has 2 heteroatoms. The van der Waals surface area contributed by atoms with Gasteiger partial charge in [0.05, 0.1) is 11.6 Å². The Balaban J connectivity index is 3.23. The number of rotatable bonds is 2. The lowest BCUT2D eigenvalue weighted by Crippen LogP contribution is -2.02. The molecule has 1 aromatic carbocycles. The number of benzene rings is 1. The molecule has 0 radical (unpaired) electrons. The van der Waals surface area contributed by atoms with Gasteiger partial charge in [-0.2, -0.15) is 5.26 Å². The fraction of sp³-hybridized carbons (Fsp3) is 0.417. The van der Waals surface area contributed by atoms with Gasteiger partial charge in [0.1, 0.15) is 5.82 Å². The summed E-state index contributed by atoms with van der Waals surface area (Å²) in [5.41, 5.74) is 1.63. The van der Waals surface area contributed by atoms with Crippen LogP contribution in [0.4, 0.5) is 4.39 Å². The normalized spacial score (nSPS) is 10.3. The molecule has 0 N–H and O–H groups in total. The summed E-state index contributed by atoms with van der Waals surface area (Å²) in [7, 11) is 0. The highest BCUT2D eigenvalue weighted by molar-refractivity contribution is 5.41. The SMILES string of the molecule is Cc1ccc(C#N)c(CC(C)C)c1F. The topological polar surface area (TPSA) is 23.8 Å². The van der Waals surface area contributed by atoms with Crippen LogP contribution < -0.4 is 0 Å². The molecular weight excluding hydrogens is 177 g/mol. The largest absolute Gasteiger partial charge is 0.206 e. The Bertz CT molecular complexity index is 375. The third kappa shape index (κ3) is 2.11. The minimum absolute atomic E-state index is 0.224. The first-order chi connectivity index (χ1) is 6.56. The summed E-state index contributed by atoms with van der Waals surface area (Å²) in [5.74, 6) is 0.135. The predicted octanol–water partition coefficient (Wildman–Crippen LogP) is 3.20. The highest BCUT2D eigenvalue weighted by Crippen LogP contribution is 2.20. The van der Waals surface area contributed by atoms with Crippen LogP contribution in [0.5, 0.6) is 0 Å². The molecule has 0 aliphatic heterocycles. The van der Waals surface area contributed by atoms with E-state index in [0.717, 1.165) is 0 Å². The Hall–Kier alpha value is -1.36. The monoisotopic (exact) mass is 191 g/mol. The lowest BCUT2D eigenvalue weighted by molar-refractivity contribution is 0.567. The van der Waals surface area contributed by atoms with Crippen molar-refractivity contribution in [1.29, 1.82) is 5.26 Å². The highest BCUT2D eigenvalue weighted by Gasteiger charge is 2.12. The minimum Gasteiger partial charge on any atom is -0.206 e. The number of nitriles is 1. The average molecular weight is 191 g/mol. The van der Waals surface area contributed by atoms with Crippen LogP contribution in [0.15, 0.2) is 12.1 Å². The summed E-state index contributed by atoms with van der Waals surface area (Å²) in [6.45, 7) is 5.76. The fourth-order valence-corrected chi connectivity index (χ4v) is 1.45. The van der Waals surface area contributed by atoms with Crippen LogP contribution in [0.2, 0.25) is 0 Å². The summed E-state index contributed by atoms with van der Waals surface area (Å²) >= 11 is 0. The second-order valence-corrected chi connectivity index (χ2v) is 3.93. The van der Waals surface area contributed by atoms with Crippen LogP contribution in [0.1, 0.15) is 30.5 Å². The zero-order valence-corrected chi connectivity index (χ0v) is 8.76. The second-order valence-electron chi connectivity index (χ2n) is 3.93. The van der Waals surface area contributed by atoms with Crippen molar-refractivity contribution in [3.63, 3.8) is 0 Å². The van der Waals surface area contributed by atoms with E-state index in [4.69, 9.17) is 5.26 Å². The van der Waals surface area contributed by atoms with Crippen LogP contribution in [0, 0.1) is 30.0 Å². The molecule has 1 aromatic rings. The molecule has 14 heavy (non-hydrogen) atoms. The molecule has 0 saturated heterocycles. The smallest absolute Gasteiger partial charge is 0.130 e. The van der Waals surface area contributed by atoms with Crippen molar-refractivity contribution in [2.24, 2.45) is 5.92 Å². The molecule has 0 aromatic heterocycles. The lowest BCUT2D eigenvalue weighted by atomic mass is 9.96. The molecule has 1 rings (SSSR count). The van der Waals surface area contributed by atoms with Gasteiger partial charge in [-0.25, -0.2) is 4.39 Å². The molecule has 0 amide bonds. The van der Waals surface area contributed by atoms with Gasteiger partial charge in [0, 0.05) is 5.56 Å². The Morgan fingerprint density at radius 3 is 2.57 bits per heavy atom. The molecule has 74 valence electrons. The van der Waals surface area contributed by atoms with Gasteiger partial charge in [-0.3, -0.25) is 0 Å². The number of hydrogen-bond acceptors (Lipinski definition) is 1. The van der Waals surface area contributed by atoms with Crippen molar-refractivity contribution < 1.29 is 4.39 Å². The van der Waals surface area contributed by atoms with E-state index in [1.165, 1.54) is 0 Å². The summed E-state index contributed by atoms with van der Waals surface area (Å²) in [4.78, 5) is 0. The van der Waals surface area contributed by atoms with Crippen LogP contribution in [-0.4, -0.2) is 0 Å². The van der Waals surface area contributed by atoms with Crippen molar-refractivity contribution in [2.75, 3.05) is 0 Å². The van der Waals surface area contributed by atoms with E-state index < -0.39 is 0 Å². The van der Waals surface area contributed by atoms with Gasteiger partial charge in [0.25, 0.3) is 0 Å². The molecular formula is C12H14FN. The van der Waals surface area contributed by atoms with E-state index >= 15 is 0 Å². The standard InChI is InChI=1S/C12H14FN/c1-8(2)6-11-10(7-14)5-4-9(3)12(11)13/h4-5,8H,6H2,1-3H3. The van der Waals surface area contributed by atoms with E-state index in [0.29, 0.717) is 29.0 Å². The molecule has 0 spiro atoms. The number of halogens is 1. The molecule has 0 atom stereocenters. The zero-order valence-electron chi connectivity index (χ0n) is 8.76. The highest BCUT2D eigenvalue weighted by atomic mass is 19.1. The van der Waals surface area contributed by atoms with E-state index in [2.05, 4.69) is 0 Å². The Labute approximate surface area is 84.2 Å². The first-order valence-corrected chi connectivity index (χ1v) is 4.74. The van der Waals surface area contributed by atoms with E-state index in [-0.39, 0.29) is 5.82 Å². The molecule has 0 heterocycles. The average Bonchev–Trinajstić information content (AvgIpc) is 2.13. The predicted molar refractivity (Wildman–Crippen MR) is 54.4 cm³/mol. The van der Waals surface area contributed by atoms with Crippen LogP contribution in [0.25, 0.3) is 0 Å². The lowest BCUT2D eigenvalue weighted by Gasteiger charge is -2.09. The van der Waals surface area contributed by atoms with Crippen molar-refractivity contribution in [2.45, 2.75) is 27.2 Å². The molecule has 0 saturated carbocycles. The van der Waals surface area contributed by atoms with Gasteiger partial charge >= 0.3 is 0 Å². The molecule has 0 aliphatic carbocycles. The summed E-state index contributed by atoms with van der Waals surface area (Å²) < 4.78 is 13.7. The first-order valence-electron chi connectivity index (χ1n) is 4.74.